The van der Waals surface area contributed by atoms with Crippen LogP contribution in [0.3, 0.4) is 0 Å². The first kappa shape index (κ1) is 10.4. The molecule has 0 unspecified atom stereocenters. The number of hydrogen-bond acceptors (Lipinski definition) is 3. The zero-order valence-corrected chi connectivity index (χ0v) is 8.49. The lowest BCUT2D eigenvalue weighted by Gasteiger charge is -2.28. The van der Waals surface area contributed by atoms with Gasteiger partial charge in [0.05, 0.1) is 12.1 Å². The third-order valence-electron chi connectivity index (χ3n) is 2.81. The molecule has 0 aromatic carbocycles. The lowest BCUT2D eigenvalue weighted by molar-refractivity contribution is 0.116. The van der Waals surface area contributed by atoms with Crippen molar-refractivity contribution in [1.82, 2.24) is 4.98 Å². The monoisotopic (exact) mass is 210 g/mol. The fourth-order valence-corrected chi connectivity index (χ4v) is 1.95. The molecule has 1 saturated carbocycles. The summed E-state index contributed by atoms with van der Waals surface area (Å²) in [6.07, 6.45) is 4.93. The van der Waals surface area contributed by atoms with E-state index in [9.17, 15) is 9.50 Å². The number of aliphatic hydroxyl groups excluding tert-OH is 1. The number of hydrogen-bond donors (Lipinski definition) is 2. The number of aromatic nitrogens is 1. The normalized spacial score (nSPS) is 26.3. The Morgan fingerprint density at radius 1 is 1.40 bits per heavy atom. The van der Waals surface area contributed by atoms with Crippen molar-refractivity contribution in [2.24, 2.45) is 0 Å². The topological polar surface area (TPSA) is 45.1 Å². The fraction of sp³-hybridized carbons (Fsp3) is 0.545. The molecule has 1 aliphatic carbocycles. The van der Waals surface area contributed by atoms with Crippen LogP contribution in [-0.2, 0) is 0 Å². The molecule has 4 heteroatoms. The van der Waals surface area contributed by atoms with E-state index in [4.69, 9.17) is 0 Å². The third-order valence-corrected chi connectivity index (χ3v) is 2.81. The van der Waals surface area contributed by atoms with Crippen LogP contribution < -0.4 is 5.32 Å². The van der Waals surface area contributed by atoms with Crippen molar-refractivity contribution in [1.29, 1.82) is 0 Å². The molecule has 0 radical (unpaired) electrons. The smallest absolute Gasteiger partial charge is 0.165 e. The van der Waals surface area contributed by atoms with Crippen LogP contribution in [0.4, 0.5) is 10.2 Å². The average molecular weight is 210 g/mol. The average Bonchev–Trinajstić information content (AvgIpc) is 2.24. The molecule has 1 heterocycles. The molecule has 2 rings (SSSR count). The minimum atomic E-state index is -0.389. The largest absolute Gasteiger partial charge is 0.391 e. The molecule has 1 aromatic rings. The quantitative estimate of drug-likeness (QED) is 0.784. The van der Waals surface area contributed by atoms with Crippen LogP contribution in [0.2, 0.25) is 0 Å². The lowest BCUT2D eigenvalue weighted by atomic mass is 9.92. The predicted molar refractivity (Wildman–Crippen MR) is 56.1 cm³/mol. The van der Waals surface area contributed by atoms with E-state index in [1.165, 1.54) is 6.07 Å². The molecule has 2 N–H and O–H groups in total. The van der Waals surface area contributed by atoms with E-state index in [0.717, 1.165) is 25.7 Å². The molecule has 2 atom stereocenters. The van der Waals surface area contributed by atoms with Gasteiger partial charge in [0.25, 0.3) is 0 Å². The van der Waals surface area contributed by atoms with E-state index in [1.807, 2.05) is 0 Å². The molecule has 3 nitrogen and oxygen atoms in total. The van der Waals surface area contributed by atoms with Crippen LogP contribution in [0.1, 0.15) is 25.7 Å². The van der Waals surface area contributed by atoms with Crippen molar-refractivity contribution < 1.29 is 9.50 Å². The number of aliphatic hydroxyl groups is 1. The fourth-order valence-electron chi connectivity index (χ4n) is 1.95. The van der Waals surface area contributed by atoms with Crippen molar-refractivity contribution in [3.05, 3.63) is 24.1 Å². The van der Waals surface area contributed by atoms with Gasteiger partial charge in [0, 0.05) is 6.20 Å². The highest BCUT2D eigenvalue weighted by atomic mass is 19.1. The first-order valence-electron chi connectivity index (χ1n) is 5.32. The Hall–Kier alpha value is -1.16. The molecule has 0 aliphatic heterocycles. The van der Waals surface area contributed by atoms with E-state index < -0.39 is 0 Å². The second-order valence-electron chi connectivity index (χ2n) is 3.94. The molecular formula is C11H15FN2O. The summed E-state index contributed by atoms with van der Waals surface area (Å²) < 4.78 is 13.3. The Labute approximate surface area is 88.3 Å². The van der Waals surface area contributed by atoms with Gasteiger partial charge in [-0.05, 0) is 25.0 Å². The Bertz CT molecular complexity index is 332. The standard InChI is InChI=1S/C11H15FN2O/c12-8-4-3-7-13-11(8)14-9-5-1-2-6-10(9)15/h3-4,7,9-10,15H,1-2,5-6H2,(H,13,14)/t9-,10+/m0/s1. The summed E-state index contributed by atoms with van der Waals surface area (Å²) in [4.78, 5) is 3.91. The Morgan fingerprint density at radius 3 is 2.93 bits per heavy atom. The Morgan fingerprint density at radius 2 is 2.20 bits per heavy atom. The maximum absolute atomic E-state index is 13.3. The van der Waals surface area contributed by atoms with Crippen molar-refractivity contribution in [3.63, 3.8) is 0 Å². The van der Waals surface area contributed by atoms with Gasteiger partial charge >= 0.3 is 0 Å². The highest BCUT2D eigenvalue weighted by Gasteiger charge is 2.23. The molecule has 15 heavy (non-hydrogen) atoms. The van der Waals surface area contributed by atoms with E-state index in [2.05, 4.69) is 10.3 Å². The summed E-state index contributed by atoms with van der Waals surface area (Å²) in [5.41, 5.74) is 0. The summed E-state index contributed by atoms with van der Waals surface area (Å²) in [5, 5.41) is 12.7. The van der Waals surface area contributed by atoms with Crippen LogP contribution in [0, 0.1) is 5.82 Å². The summed E-state index contributed by atoms with van der Waals surface area (Å²) in [6, 6.07) is 2.85. The number of anilines is 1. The van der Waals surface area contributed by atoms with Gasteiger partial charge in [0.15, 0.2) is 11.6 Å². The molecular weight excluding hydrogens is 195 g/mol. The summed E-state index contributed by atoms with van der Waals surface area (Å²) in [5.74, 6) is -0.126. The van der Waals surface area contributed by atoms with Gasteiger partial charge in [-0.2, -0.15) is 0 Å². The zero-order chi connectivity index (χ0) is 10.7. The van der Waals surface area contributed by atoms with Gasteiger partial charge in [-0.1, -0.05) is 12.8 Å². The van der Waals surface area contributed by atoms with Gasteiger partial charge < -0.3 is 10.4 Å². The Balaban J connectivity index is 2.04. The van der Waals surface area contributed by atoms with Crippen LogP contribution in [-0.4, -0.2) is 22.2 Å². The molecule has 0 amide bonds. The van der Waals surface area contributed by atoms with E-state index >= 15 is 0 Å². The Kier molecular flexibility index (Phi) is 3.16. The zero-order valence-electron chi connectivity index (χ0n) is 8.49. The summed E-state index contributed by atoms with van der Waals surface area (Å²) >= 11 is 0. The van der Waals surface area contributed by atoms with Crippen LogP contribution in [0.5, 0.6) is 0 Å². The van der Waals surface area contributed by atoms with E-state index in [-0.39, 0.29) is 23.8 Å². The maximum Gasteiger partial charge on any atom is 0.165 e. The van der Waals surface area contributed by atoms with Gasteiger partial charge in [-0.15, -0.1) is 0 Å². The highest BCUT2D eigenvalue weighted by molar-refractivity contribution is 5.37. The molecule has 0 spiro atoms. The number of nitrogens with one attached hydrogen (secondary N) is 1. The minimum absolute atomic E-state index is 0.0665. The second-order valence-corrected chi connectivity index (χ2v) is 3.94. The molecule has 1 fully saturated rings. The molecule has 1 aromatic heterocycles. The third kappa shape index (κ3) is 2.45. The van der Waals surface area contributed by atoms with Crippen molar-refractivity contribution in [2.45, 2.75) is 37.8 Å². The SMILES string of the molecule is O[C@@H]1CCCC[C@@H]1Nc1ncccc1F. The highest BCUT2D eigenvalue weighted by Crippen LogP contribution is 2.22. The van der Waals surface area contributed by atoms with Crippen molar-refractivity contribution >= 4 is 5.82 Å². The molecule has 0 bridgehead atoms. The maximum atomic E-state index is 13.3. The molecule has 82 valence electrons. The first-order valence-corrected chi connectivity index (χ1v) is 5.32. The number of halogens is 1. The van der Waals surface area contributed by atoms with Crippen molar-refractivity contribution in [2.75, 3.05) is 5.32 Å². The second kappa shape index (κ2) is 4.57. The van der Waals surface area contributed by atoms with E-state index in [0.29, 0.717) is 0 Å². The summed E-state index contributed by atoms with van der Waals surface area (Å²) in [7, 11) is 0. The van der Waals surface area contributed by atoms with Gasteiger partial charge in [0.2, 0.25) is 0 Å². The first-order chi connectivity index (χ1) is 7.27. The van der Waals surface area contributed by atoms with E-state index in [1.54, 1.807) is 12.3 Å². The van der Waals surface area contributed by atoms with Gasteiger partial charge in [-0.3, -0.25) is 0 Å². The summed E-state index contributed by atoms with van der Waals surface area (Å²) in [6.45, 7) is 0. The molecule has 1 aliphatic rings. The molecule has 0 saturated heterocycles. The van der Waals surface area contributed by atoms with Crippen LogP contribution in [0.25, 0.3) is 0 Å². The number of rotatable bonds is 2. The number of nitrogens with zero attached hydrogens (tertiary/aromatic N) is 1. The predicted octanol–water partition coefficient (Wildman–Crippen LogP) is 1.94. The lowest BCUT2D eigenvalue weighted by Crippen LogP contribution is -2.36. The number of pyridine rings is 1. The van der Waals surface area contributed by atoms with Crippen LogP contribution >= 0.6 is 0 Å². The van der Waals surface area contributed by atoms with Crippen molar-refractivity contribution in [3.8, 4) is 0 Å². The minimum Gasteiger partial charge on any atom is -0.391 e. The van der Waals surface area contributed by atoms with Crippen LogP contribution in [0.15, 0.2) is 18.3 Å². The van der Waals surface area contributed by atoms with Gasteiger partial charge in [-0.25, -0.2) is 9.37 Å². The van der Waals surface area contributed by atoms with Gasteiger partial charge in [0.1, 0.15) is 0 Å².